The number of hydrazine groups is 1. The van der Waals surface area contributed by atoms with Crippen LogP contribution in [-0.4, -0.2) is 42.2 Å². The van der Waals surface area contributed by atoms with E-state index in [2.05, 4.69) is 15.4 Å². The Morgan fingerprint density at radius 2 is 2.43 bits per heavy atom. The molecule has 2 heterocycles. The van der Waals surface area contributed by atoms with Gasteiger partial charge in [0.1, 0.15) is 11.7 Å². The third kappa shape index (κ3) is 2.39. The summed E-state index contributed by atoms with van der Waals surface area (Å²) >= 11 is 5.54. The predicted molar refractivity (Wildman–Crippen MR) is 61.6 cm³/mol. The first-order valence-corrected chi connectivity index (χ1v) is 4.81. The number of rotatable bonds is 2. The highest BCUT2D eigenvalue weighted by Crippen LogP contribution is 2.04. The summed E-state index contributed by atoms with van der Waals surface area (Å²) in [6, 6.07) is 0. The molecule has 78 valence electrons. The Morgan fingerprint density at radius 1 is 1.57 bits per heavy atom. The van der Waals surface area contributed by atoms with Crippen LogP contribution < -0.4 is 5.43 Å². The first kappa shape index (κ1) is 11.3. The second-order valence-corrected chi connectivity index (χ2v) is 3.17. The maximum atomic E-state index is 5.54. The van der Waals surface area contributed by atoms with E-state index >= 15 is 0 Å². The molecule has 2 rings (SSSR count). The summed E-state index contributed by atoms with van der Waals surface area (Å²) in [7, 11) is 0. The Bertz CT molecular complexity index is 285. The lowest BCUT2D eigenvalue weighted by atomic mass is 10.4. The van der Waals surface area contributed by atoms with Gasteiger partial charge in [0.15, 0.2) is 0 Å². The molecule has 0 radical (unpaired) electrons. The van der Waals surface area contributed by atoms with Crippen molar-refractivity contribution in [3.63, 3.8) is 0 Å². The van der Waals surface area contributed by atoms with Gasteiger partial charge in [0.25, 0.3) is 0 Å². The van der Waals surface area contributed by atoms with Gasteiger partial charge in [-0.2, -0.15) is 0 Å². The maximum Gasteiger partial charge on any atom is 0.142 e. The average Bonchev–Trinajstić information content (AvgIpc) is 2.61. The Hall–Kier alpha value is -0.740. The van der Waals surface area contributed by atoms with Gasteiger partial charge in [-0.3, -0.25) is 20.4 Å². The number of nitrogens with zero attached hydrogens (tertiary/aromatic N) is 3. The molecule has 14 heavy (non-hydrogen) atoms. The van der Waals surface area contributed by atoms with Crippen molar-refractivity contribution in [3.8, 4) is 0 Å². The van der Waals surface area contributed by atoms with E-state index in [0.29, 0.717) is 12.4 Å². The standard InChI is InChI=1S/C8H11ClN4.ClH/c9-3-4-10-7-1-2-8-11-5-6-13(8)12-7;/h1-2H,3-6H2,(H,10,12);1H. The van der Waals surface area contributed by atoms with Crippen molar-refractivity contribution >= 4 is 35.7 Å². The smallest absolute Gasteiger partial charge is 0.142 e. The first-order chi connectivity index (χ1) is 6.40. The van der Waals surface area contributed by atoms with E-state index in [-0.39, 0.29) is 12.4 Å². The molecule has 0 amide bonds. The number of aliphatic imine (C=N–C) groups is 2. The quantitative estimate of drug-likeness (QED) is 0.720. The topological polar surface area (TPSA) is 40.0 Å². The number of hydrogen-bond acceptors (Lipinski definition) is 3. The summed E-state index contributed by atoms with van der Waals surface area (Å²) in [5, 5.41) is 1.99. The minimum Gasteiger partial charge on any atom is -0.281 e. The second kappa shape index (κ2) is 5.22. The molecule has 6 heteroatoms. The van der Waals surface area contributed by atoms with Gasteiger partial charge in [-0.05, 0) is 12.2 Å². The van der Waals surface area contributed by atoms with Gasteiger partial charge in [-0.1, -0.05) is 0 Å². The lowest BCUT2D eigenvalue weighted by Crippen LogP contribution is -2.46. The zero-order chi connectivity index (χ0) is 9.10. The largest absolute Gasteiger partial charge is 0.281 e. The number of fused-ring (bicyclic) bond motifs is 1. The van der Waals surface area contributed by atoms with E-state index in [0.717, 1.165) is 24.8 Å². The van der Waals surface area contributed by atoms with E-state index in [1.807, 2.05) is 17.2 Å². The molecule has 0 saturated carbocycles. The average molecular weight is 235 g/mol. The number of nitrogens with one attached hydrogen (secondary N) is 1. The van der Waals surface area contributed by atoms with Gasteiger partial charge >= 0.3 is 0 Å². The lowest BCUT2D eigenvalue weighted by Gasteiger charge is -2.23. The van der Waals surface area contributed by atoms with Crippen LogP contribution in [0.2, 0.25) is 0 Å². The maximum absolute atomic E-state index is 5.54. The molecular weight excluding hydrogens is 223 g/mol. The molecule has 0 spiro atoms. The third-order valence-electron chi connectivity index (χ3n) is 1.88. The van der Waals surface area contributed by atoms with Gasteiger partial charge in [-0.25, -0.2) is 0 Å². The van der Waals surface area contributed by atoms with Crippen molar-refractivity contribution in [2.45, 2.75) is 0 Å². The van der Waals surface area contributed by atoms with Gasteiger partial charge in [0, 0.05) is 5.88 Å². The van der Waals surface area contributed by atoms with Gasteiger partial charge in [-0.15, -0.1) is 24.0 Å². The van der Waals surface area contributed by atoms with Crippen LogP contribution in [0.25, 0.3) is 0 Å². The minimum absolute atomic E-state index is 0. The molecule has 2 aliphatic heterocycles. The normalized spacial score (nSPS) is 21.4. The van der Waals surface area contributed by atoms with E-state index in [9.17, 15) is 0 Å². The Labute approximate surface area is 94.1 Å². The number of hydrogen-bond donors (Lipinski definition) is 1. The summed E-state index contributed by atoms with van der Waals surface area (Å²) in [4.78, 5) is 8.54. The van der Waals surface area contributed by atoms with Crippen molar-refractivity contribution in [1.82, 2.24) is 10.4 Å². The highest BCUT2D eigenvalue weighted by molar-refractivity contribution is 6.18. The van der Waals surface area contributed by atoms with Crippen LogP contribution in [0.1, 0.15) is 0 Å². The monoisotopic (exact) mass is 234 g/mol. The van der Waals surface area contributed by atoms with Crippen LogP contribution in [0.15, 0.2) is 22.1 Å². The fourth-order valence-electron chi connectivity index (χ4n) is 1.30. The molecule has 2 aliphatic rings. The van der Waals surface area contributed by atoms with Crippen LogP contribution in [0, 0.1) is 0 Å². The van der Waals surface area contributed by atoms with Crippen molar-refractivity contribution < 1.29 is 0 Å². The molecule has 0 aliphatic carbocycles. The van der Waals surface area contributed by atoms with Gasteiger partial charge < -0.3 is 0 Å². The van der Waals surface area contributed by atoms with Crippen LogP contribution in [-0.2, 0) is 0 Å². The molecule has 0 aromatic rings. The molecule has 1 N–H and O–H groups in total. The van der Waals surface area contributed by atoms with Crippen molar-refractivity contribution in [1.29, 1.82) is 0 Å². The zero-order valence-electron chi connectivity index (χ0n) is 7.61. The van der Waals surface area contributed by atoms with E-state index in [1.54, 1.807) is 0 Å². The highest BCUT2D eigenvalue weighted by atomic mass is 35.5. The Morgan fingerprint density at radius 3 is 3.21 bits per heavy atom. The predicted octanol–water partition coefficient (Wildman–Crippen LogP) is 0.834. The first-order valence-electron chi connectivity index (χ1n) is 4.27. The van der Waals surface area contributed by atoms with Crippen LogP contribution in [0.3, 0.4) is 0 Å². The fourth-order valence-corrected chi connectivity index (χ4v) is 1.38. The third-order valence-corrected chi connectivity index (χ3v) is 2.05. The van der Waals surface area contributed by atoms with Gasteiger partial charge in [0.05, 0.1) is 19.6 Å². The number of alkyl halides is 1. The summed E-state index contributed by atoms with van der Waals surface area (Å²) in [5.74, 6) is 2.41. The Kier molecular flexibility index (Phi) is 4.22. The molecule has 0 aromatic carbocycles. The highest BCUT2D eigenvalue weighted by Gasteiger charge is 2.18. The summed E-state index contributed by atoms with van der Waals surface area (Å²) in [6.07, 6.45) is 3.89. The SMILES string of the molecule is Cl.ClCCN=C1C=CC2=NCCN2N1. The van der Waals surface area contributed by atoms with E-state index < -0.39 is 0 Å². The molecule has 0 saturated heterocycles. The van der Waals surface area contributed by atoms with Crippen LogP contribution in [0.5, 0.6) is 0 Å². The molecule has 0 fully saturated rings. The minimum atomic E-state index is 0. The lowest BCUT2D eigenvalue weighted by molar-refractivity contribution is 0.411. The molecule has 0 atom stereocenters. The molecule has 4 nitrogen and oxygen atoms in total. The molecule has 0 unspecified atom stereocenters. The van der Waals surface area contributed by atoms with Crippen molar-refractivity contribution in [2.75, 3.05) is 25.5 Å². The summed E-state index contributed by atoms with van der Waals surface area (Å²) in [5.41, 5.74) is 3.16. The Balaban J connectivity index is 0.000000980. The number of halogens is 2. The fraction of sp³-hybridized carbons (Fsp3) is 0.500. The van der Waals surface area contributed by atoms with Crippen LogP contribution in [0.4, 0.5) is 0 Å². The second-order valence-electron chi connectivity index (χ2n) is 2.79. The molecule has 0 bridgehead atoms. The van der Waals surface area contributed by atoms with E-state index in [1.165, 1.54) is 0 Å². The summed E-state index contributed by atoms with van der Waals surface area (Å²) < 4.78 is 0. The zero-order valence-corrected chi connectivity index (χ0v) is 9.18. The van der Waals surface area contributed by atoms with Crippen LogP contribution >= 0.6 is 24.0 Å². The number of amidine groups is 2. The van der Waals surface area contributed by atoms with E-state index in [4.69, 9.17) is 11.6 Å². The van der Waals surface area contributed by atoms with Crippen molar-refractivity contribution in [3.05, 3.63) is 12.2 Å². The summed E-state index contributed by atoms with van der Waals surface area (Å²) in [6.45, 7) is 2.42. The van der Waals surface area contributed by atoms with Gasteiger partial charge in [0.2, 0.25) is 0 Å². The van der Waals surface area contributed by atoms with Crippen molar-refractivity contribution in [2.24, 2.45) is 9.98 Å². The molecular formula is C8H12Cl2N4. The molecule has 0 aromatic heterocycles.